The second kappa shape index (κ2) is 9.91. The topological polar surface area (TPSA) is 83.1 Å². The van der Waals surface area contributed by atoms with Gasteiger partial charge in [0, 0.05) is 11.6 Å². The molecule has 4 rings (SSSR count). The minimum Gasteiger partial charge on any atom is -0.495 e. The molecule has 33 heavy (non-hydrogen) atoms. The number of ether oxygens (including phenoxy) is 4. The Morgan fingerprint density at radius 2 is 1.79 bits per heavy atom. The molecule has 1 unspecified atom stereocenters. The Bertz CT molecular complexity index is 1190. The highest BCUT2D eigenvalue weighted by Crippen LogP contribution is 2.33. The van der Waals surface area contributed by atoms with E-state index in [9.17, 15) is 9.59 Å². The third kappa shape index (κ3) is 5.33. The third-order valence-corrected chi connectivity index (χ3v) is 5.00. The summed E-state index contributed by atoms with van der Waals surface area (Å²) in [6.45, 7) is 2.08. The van der Waals surface area contributed by atoms with Crippen molar-refractivity contribution in [3.05, 3.63) is 89.5 Å². The minimum absolute atomic E-state index is 0.171. The number of carbonyl (C=O) groups is 2. The van der Waals surface area contributed by atoms with Crippen LogP contribution in [0.3, 0.4) is 0 Å². The molecule has 3 aromatic carbocycles. The summed E-state index contributed by atoms with van der Waals surface area (Å²) < 4.78 is 21.5. The Morgan fingerprint density at radius 3 is 2.58 bits per heavy atom. The Kier molecular flexibility index (Phi) is 6.59. The van der Waals surface area contributed by atoms with Crippen molar-refractivity contribution in [2.75, 3.05) is 19.2 Å². The molecule has 1 N–H and O–H groups in total. The molecule has 0 bridgehead atoms. The highest BCUT2D eigenvalue weighted by molar-refractivity contribution is 5.98. The van der Waals surface area contributed by atoms with Crippen LogP contribution in [-0.4, -0.2) is 25.8 Å². The molecule has 168 valence electrons. The molecule has 7 nitrogen and oxygen atoms in total. The SMILES string of the molecule is COc1ccc(C)cc1NC(=O)C(OC(=O)/C=C/c1ccc2c(c1)OCO2)c1ccccc1. The largest absolute Gasteiger partial charge is 0.495 e. The number of carbonyl (C=O) groups excluding carboxylic acids is 2. The first-order chi connectivity index (χ1) is 16.0. The summed E-state index contributed by atoms with van der Waals surface area (Å²) in [5, 5.41) is 2.81. The lowest BCUT2D eigenvalue weighted by molar-refractivity contribution is -0.149. The highest BCUT2D eigenvalue weighted by atomic mass is 16.7. The van der Waals surface area contributed by atoms with Crippen molar-refractivity contribution >= 4 is 23.6 Å². The smallest absolute Gasteiger partial charge is 0.331 e. The molecule has 0 fully saturated rings. The zero-order chi connectivity index (χ0) is 23.2. The molecule has 1 amide bonds. The van der Waals surface area contributed by atoms with E-state index in [0.717, 1.165) is 11.1 Å². The summed E-state index contributed by atoms with van der Waals surface area (Å²) in [6.07, 6.45) is 1.72. The van der Waals surface area contributed by atoms with Crippen molar-refractivity contribution in [3.63, 3.8) is 0 Å². The zero-order valence-corrected chi connectivity index (χ0v) is 18.2. The predicted octanol–water partition coefficient (Wildman–Crippen LogP) is 4.67. The average molecular weight is 445 g/mol. The number of methoxy groups -OCH3 is 1. The molecule has 0 saturated carbocycles. The van der Waals surface area contributed by atoms with Crippen LogP contribution in [0.2, 0.25) is 0 Å². The van der Waals surface area contributed by atoms with Gasteiger partial charge in [0.2, 0.25) is 12.9 Å². The maximum atomic E-state index is 13.1. The van der Waals surface area contributed by atoms with Gasteiger partial charge in [0.25, 0.3) is 5.91 Å². The van der Waals surface area contributed by atoms with Crippen molar-refractivity contribution in [2.24, 2.45) is 0 Å². The lowest BCUT2D eigenvalue weighted by atomic mass is 10.1. The lowest BCUT2D eigenvalue weighted by Gasteiger charge is -2.18. The second-order valence-corrected chi connectivity index (χ2v) is 7.37. The average Bonchev–Trinajstić information content (AvgIpc) is 3.30. The van der Waals surface area contributed by atoms with Gasteiger partial charge in [0.15, 0.2) is 11.5 Å². The minimum atomic E-state index is -1.15. The van der Waals surface area contributed by atoms with Gasteiger partial charge >= 0.3 is 5.97 Å². The molecule has 7 heteroatoms. The summed E-state index contributed by atoms with van der Waals surface area (Å²) in [5.41, 5.74) is 2.73. The van der Waals surface area contributed by atoms with E-state index in [2.05, 4.69) is 5.32 Å². The van der Waals surface area contributed by atoms with E-state index >= 15 is 0 Å². The summed E-state index contributed by atoms with van der Waals surface area (Å²) in [6, 6.07) is 19.6. The van der Waals surface area contributed by atoms with Crippen LogP contribution >= 0.6 is 0 Å². The lowest BCUT2D eigenvalue weighted by Crippen LogP contribution is -2.25. The van der Waals surface area contributed by atoms with E-state index in [0.29, 0.717) is 28.5 Å². The second-order valence-electron chi connectivity index (χ2n) is 7.37. The van der Waals surface area contributed by atoms with Gasteiger partial charge in [-0.15, -0.1) is 0 Å². The van der Waals surface area contributed by atoms with E-state index in [-0.39, 0.29) is 6.79 Å². The van der Waals surface area contributed by atoms with Gasteiger partial charge in [-0.05, 0) is 48.4 Å². The van der Waals surface area contributed by atoms with Crippen molar-refractivity contribution in [1.82, 2.24) is 0 Å². The fraction of sp³-hybridized carbons (Fsp3) is 0.154. The maximum Gasteiger partial charge on any atom is 0.331 e. The Labute approximate surface area is 191 Å². The van der Waals surface area contributed by atoms with E-state index in [4.69, 9.17) is 18.9 Å². The molecule has 0 radical (unpaired) electrons. The van der Waals surface area contributed by atoms with Crippen LogP contribution in [0.4, 0.5) is 5.69 Å². The summed E-state index contributed by atoms with van der Waals surface area (Å²) in [7, 11) is 1.52. The van der Waals surface area contributed by atoms with Crippen LogP contribution in [-0.2, 0) is 14.3 Å². The Morgan fingerprint density at radius 1 is 1.00 bits per heavy atom. The van der Waals surface area contributed by atoms with Crippen LogP contribution in [0.5, 0.6) is 17.2 Å². The molecular formula is C26H23NO6. The highest BCUT2D eigenvalue weighted by Gasteiger charge is 2.25. The van der Waals surface area contributed by atoms with E-state index < -0.39 is 18.0 Å². The number of esters is 1. The quantitative estimate of drug-likeness (QED) is 0.420. The van der Waals surface area contributed by atoms with Crippen LogP contribution in [0, 0.1) is 6.92 Å². The molecule has 0 aromatic heterocycles. The number of benzene rings is 3. The first-order valence-corrected chi connectivity index (χ1v) is 10.3. The monoisotopic (exact) mass is 445 g/mol. The Hall–Kier alpha value is -4.26. The number of anilines is 1. The van der Waals surface area contributed by atoms with Gasteiger partial charge in [-0.1, -0.05) is 42.5 Å². The number of hydrogen-bond acceptors (Lipinski definition) is 6. The van der Waals surface area contributed by atoms with Crippen molar-refractivity contribution in [1.29, 1.82) is 0 Å². The van der Waals surface area contributed by atoms with Gasteiger partial charge < -0.3 is 24.3 Å². The Balaban J connectivity index is 1.52. The molecule has 1 aliphatic heterocycles. The molecule has 0 saturated heterocycles. The molecule has 0 aliphatic carbocycles. The molecular weight excluding hydrogens is 422 g/mol. The number of amides is 1. The number of nitrogens with one attached hydrogen (secondary N) is 1. The van der Waals surface area contributed by atoms with Crippen LogP contribution in [0.15, 0.2) is 72.8 Å². The summed E-state index contributed by atoms with van der Waals surface area (Å²) in [4.78, 5) is 25.7. The number of rotatable bonds is 7. The fourth-order valence-corrected chi connectivity index (χ4v) is 3.36. The van der Waals surface area contributed by atoms with E-state index in [1.165, 1.54) is 13.2 Å². The van der Waals surface area contributed by atoms with Crippen molar-refractivity contribution < 1.29 is 28.5 Å². The molecule has 3 aromatic rings. The van der Waals surface area contributed by atoms with Gasteiger partial charge in [0.1, 0.15) is 5.75 Å². The maximum absolute atomic E-state index is 13.1. The van der Waals surface area contributed by atoms with Gasteiger partial charge in [-0.2, -0.15) is 0 Å². The molecule has 1 atom stereocenters. The standard InChI is InChI=1S/C26H23NO6/c1-17-8-11-21(30-2)20(14-17)27-26(29)25(19-6-4-3-5-7-19)33-24(28)13-10-18-9-12-22-23(15-18)32-16-31-22/h3-15,25H,16H2,1-2H3,(H,27,29)/b13-10+. The van der Waals surface area contributed by atoms with Crippen molar-refractivity contribution in [2.45, 2.75) is 13.0 Å². The number of fused-ring (bicyclic) bond motifs is 1. The van der Waals surface area contributed by atoms with Crippen LogP contribution in [0.25, 0.3) is 6.08 Å². The predicted molar refractivity (Wildman–Crippen MR) is 123 cm³/mol. The molecule has 0 spiro atoms. The van der Waals surface area contributed by atoms with E-state index in [1.807, 2.05) is 19.1 Å². The van der Waals surface area contributed by atoms with Crippen molar-refractivity contribution in [3.8, 4) is 17.2 Å². The first-order valence-electron chi connectivity index (χ1n) is 10.3. The molecule has 1 aliphatic rings. The number of aryl methyl sites for hydroxylation is 1. The van der Waals surface area contributed by atoms with Gasteiger partial charge in [-0.25, -0.2) is 4.79 Å². The first kappa shape index (κ1) is 22.0. The van der Waals surface area contributed by atoms with Gasteiger partial charge in [0.05, 0.1) is 12.8 Å². The van der Waals surface area contributed by atoms with E-state index in [1.54, 1.807) is 60.7 Å². The normalized spacial score (nSPS) is 12.9. The van der Waals surface area contributed by atoms with Crippen LogP contribution < -0.4 is 19.5 Å². The summed E-state index contributed by atoms with van der Waals surface area (Å²) >= 11 is 0. The zero-order valence-electron chi connectivity index (χ0n) is 18.2. The fourth-order valence-electron chi connectivity index (χ4n) is 3.36. The van der Waals surface area contributed by atoms with Crippen LogP contribution in [0.1, 0.15) is 22.8 Å². The van der Waals surface area contributed by atoms with Gasteiger partial charge in [-0.3, -0.25) is 4.79 Å². The summed E-state index contributed by atoms with van der Waals surface area (Å²) in [5.74, 6) is 0.624. The number of hydrogen-bond donors (Lipinski definition) is 1. The third-order valence-electron chi connectivity index (χ3n) is 5.00. The molecule has 1 heterocycles.